The molecule has 1 fully saturated rings. The van der Waals surface area contributed by atoms with Crippen molar-refractivity contribution in [1.29, 1.82) is 0 Å². The summed E-state index contributed by atoms with van der Waals surface area (Å²) in [6.07, 6.45) is 14.7. The van der Waals surface area contributed by atoms with E-state index in [4.69, 9.17) is 9.47 Å². The molecule has 0 aromatic carbocycles. The Hall–Kier alpha value is -1.25. The van der Waals surface area contributed by atoms with Gasteiger partial charge in [-0.05, 0) is 80.3 Å². The third-order valence-corrected chi connectivity index (χ3v) is 7.43. The molecule has 0 amide bonds. The summed E-state index contributed by atoms with van der Waals surface area (Å²) in [6.45, 7) is 18.2. The van der Waals surface area contributed by atoms with Crippen LogP contribution in [0.15, 0.2) is 24.0 Å². The standard InChI is InChI=1S/C27H46O3/c1-9-26(5,6)23(18-25(2,3)4)20-14-16-22(17-15-20)29-19-24(28)30-27(7,8)21-12-10-11-13-21/h14,16-17,20-21,23H,9-13,15,18-19H2,1-8H3. The average Bonchev–Trinajstić information content (AvgIpc) is 3.20. The van der Waals surface area contributed by atoms with Crippen molar-refractivity contribution in [1.82, 2.24) is 0 Å². The van der Waals surface area contributed by atoms with E-state index in [0.29, 0.717) is 28.6 Å². The molecule has 0 saturated heterocycles. The van der Waals surface area contributed by atoms with Gasteiger partial charge in [0.1, 0.15) is 11.4 Å². The zero-order chi connectivity index (χ0) is 22.6. The summed E-state index contributed by atoms with van der Waals surface area (Å²) in [6, 6.07) is 0. The highest BCUT2D eigenvalue weighted by Gasteiger charge is 2.37. The summed E-state index contributed by atoms with van der Waals surface area (Å²) in [5, 5.41) is 0. The molecular formula is C27H46O3. The molecule has 0 radical (unpaired) electrons. The molecule has 2 aliphatic rings. The first-order valence-corrected chi connectivity index (χ1v) is 12.1. The van der Waals surface area contributed by atoms with Crippen LogP contribution in [0, 0.1) is 28.6 Å². The molecule has 0 heterocycles. The van der Waals surface area contributed by atoms with Crippen molar-refractivity contribution in [3.8, 4) is 0 Å². The quantitative estimate of drug-likeness (QED) is 0.364. The molecule has 2 rings (SSSR count). The van der Waals surface area contributed by atoms with Crippen LogP contribution in [0.5, 0.6) is 0 Å². The van der Waals surface area contributed by atoms with Gasteiger partial charge in [-0.2, -0.15) is 0 Å². The van der Waals surface area contributed by atoms with Crippen LogP contribution in [0.3, 0.4) is 0 Å². The summed E-state index contributed by atoms with van der Waals surface area (Å²) < 4.78 is 11.6. The minimum absolute atomic E-state index is 0.0110. The fourth-order valence-electron chi connectivity index (χ4n) is 5.12. The van der Waals surface area contributed by atoms with Gasteiger partial charge in [-0.25, -0.2) is 4.79 Å². The highest BCUT2D eigenvalue weighted by atomic mass is 16.6. The third kappa shape index (κ3) is 7.17. The molecule has 0 aliphatic heterocycles. The summed E-state index contributed by atoms with van der Waals surface area (Å²) in [5.41, 5.74) is 0.205. The van der Waals surface area contributed by atoms with Crippen LogP contribution in [-0.4, -0.2) is 18.2 Å². The Morgan fingerprint density at radius 3 is 2.23 bits per heavy atom. The van der Waals surface area contributed by atoms with E-state index in [9.17, 15) is 4.79 Å². The zero-order valence-corrected chi connectivity index (χ0v) is 20.8. The summed E-state index contributed by atoms with van der Waals surface area (Å²) >= 11 is 0. The van der Waals surface area contributed by atoms with Gasteiger partial charge in [-0.1, -0.05) is 66.9 Å². The minimum Gasteiger partial charge on any atom is -0.482 e. The minimum atomic E-state index is -0.398. The number of carbonyl (C=O) groups excluding carboxylic acids is 1. The molecule has 3 heteroatoms. The average molecular weight is 419 g/mol. The van der Waals surface area contributed by atoms with Gasteiger partial charge in [0.2, 0.25) is 0 Å². The maximum absolute atomic E-state index is 12.4. The molecule has 0 N–H and O–H groups in total. The van der Waals surface area contributed by atoms with Gasteiger partial charge < -0.3 is 9.47 Å². The summed E-state index contributed by atoms with van der Waals surface area (Å²) in [5.74, 6) is 2.14. The van der Waals surface area contributed by atoms with Crippen LogP contribution >= 0.6 is 0 Å². The second-order valence-electron chi connectivity index (χ2n) is 11.9. The van der Waals surface area contributed by atoms with Crippen molar-refractivity contribution in [3.05, 3.63) is 24.0 Å². The number of carbonyl (C=O) groups is 1. The van der Waals surface area contributed by atoms with Crippen molar-refractivity contribution in [2.24, 2.45) is 28.6 Å². The van der Waals surface area contributed by atoms with Crippen molar-refractivity contribution < 1.29 is 14.3 Å². The van der Waals surface area contributed by atoms with Gasteiger partial charge >= 0.3 is 5.97 Å². The first-order valence-electron chi connectivity index (χ1n) is 12.1. The van der Waals surface area contributed by atoms with Crippen molar-refractivity contribution in [2.75, 3.05) is 6.61 Å². The van der Waals surface area contributed by atoms with Crippen molar-refractivity contribution in [3.63, 3.8) is 0 Å². The van der Waals surface area contributed by atoms with Crippen LogP contribution < -0.4 is 0 Å². The lowest BCUT2D eigenvalue weighted by Gasteiger charge is -2.42. The van der Waals surface area contributed by atoms with Crippen molar-refractivity contribution >= 4 is 5.97 Å². The largest absolute Gasteiger partial charge is 0.482 e. The lowest BCUT2D eigenvalue weighted by atomic mass is 9.63. The number of esters is 1. The topological polar surface area (TPSA) is 35.5 Å². The number of allylic oxidation sites excluding steroid dienone is 3. The molecule has 2 aliphatic carbocycles. The number of hydrogen-bond acceptors (Lipinski definition) is 3. The van der Waals surface area contributed by atoms with Gasteiger partial charge in [-0.3, -0.25) is 0 Å². The Balaban J connectivity index is 1.89. The first-order chi connectivity index (χ1) is 13.8. The van der Waals surface area contributed by atoms with Gasteiger partial charge in [-0.15, -0.1) is 0 Å². The fraction of sp³-hybridized carbons (Fsp3) is 0.815. The van der Waals surface area contributed by atoms with E-state index in [-0.39, 0.29) is 12.6 Å². The SMILES string of the molecule is CCC(C)(C)C(CC(C)(C)C)C1C=CC(OCC(=O)OC(C)(C)C2CCCC2)=CC1. The Bertz CT molecular complexity index is 627. The molecule has 0 spiro atoms. The van der Waals surface area contributed by atoms with E-state index in [1.165, 1.54) is 25.7 Å². The van der Waals surface area contributed by atoms with E-state index in [0.717, 1.165) is 25.0 Å². The van der Waals surface area contributed by atoms with E-state index in [1.54, 1.807) is 0 Å². The smallest absolute Gasteiger partial charge is 0.344 e. The van der Waals surface area contributed by atoms with Gasteiger partial charge in [0.05, 0.1) is 0 Å². The zero-order valence-electron chi connectivity index (χ0n) is 20.8. The normalized spacial score (nSPS) is 22.0. The molecule has 0 aromatic rings. The molecule has 0 aromatic heterocycles. The second kappa shape index (κ2) is 9.92. The van der Waals surface area contributed by atoms with Gasteiger partial charge in [0.15, 0.2) is 6.61 Å². The van der Waals surface area contributed by atoms with E-state index in [2.05, 4.69) is 59.8 Å². The molecule has 3 nitrogen and oxygen atoms in total. The highest BCUT2D eigenvalue weighted by Crippen LogP contribution is 2.45. The summed E-state index contributed by atoms with van der Waals surface area (Å²) in [4.78, 5) is 12.4. The second-order valence-corrected chi connectivity index (χ2v) is 11.9. The van der Waals surface area contributed by atoms with E-state index < -0.39 is 5.60 Å². The maximum atomic E-state index is 12.4. The lowest BCUT2D eigenvalue weighted by molar-refractivity contribution is -0.165. The Kier molecular flexibility index (Phi) is 8.27. The van der Waals surface area contributed by atoms with Crippen LogP contribution in [-0.2, 0) is 14.3 Å². The highest BCUT2D eigenvalue weighted by molar-refractivity contribution is 5.71. The van der Waals surface area contributed by atoms with Crippen LogP contribution in [0.2, 0.25) is 0 Å². The molecule has 2 unspecified atom stereocenters. The predicted molar refractivity (Wildman–Crippen MR) is 125 cm³/mol. The molecule has 2 atom stereocenters. The molecule has 1 saturated carbocycles. The van der Waals surface area contributed by atoms with Gasteiger partial charge in [0.25, 0.3) is 0 Å². The fourth-order valence-corrected chi connectivity index (χ4v) is 5.12. The Morgan fingerprint density at radius 1 is 1.10 bits per heavy atom. The Morgan fingerprint density at radius 2 is 1.73 bits per heavy atom. The van der Waals surface area contributed by atoms with E-state index in [1.807, 2.05) is 13.8 Å². The summed E-state index contributed by atoms with van der Waals surface area (Å²) in [7, 11) is 0. The van der Waals surface area contributed by atoms with Crippen LogP contribution in [0.25, 0.3) is 0 Å². The third-order valence-electron chi connectivity index (χ3n) is 7.43. The maximum Gasteiger partial charge on any atom is 0.344 e. The molecular weight excluding hydrogens is 372 g/mol. The first kappa shape index (κ1) is 25.0. The Labute approximate surface area is 185 Å². The van der Waals surface area contributed by atoms with Crippen molar-refractivity contribution in [2.45, 2.75) is 106 Å². The molecule has 0 bridgehead atoms. The lowest BCUT2D eigenvalue weighted by Crippen LogP contribution is -2.36. The number of rotatable bonds is 9. The predicted octanol–water partition coefficient (Wildman–Crippen LogP) is 7.46. The van der Waals surface area contributed by atoms with Gasteiger partial charge in [0, 0.05) is 0 Å². The monoisotopic (exact) mass is 418 g/mol. The van der Waals surface area contributed by atoms with E-state index >= 15 is 0 Å². The number of hydrogen-bond donors (Lipinski definition) is 0. The van der Waals surface area contributed by atoms with Crippen LogP contribution in [0.1, 0.15) is 100 Å². The van der Waals surface area contributed by atoms with Crippen LogP contribution in [0.4, 0.5) is 0 Å². The molecule has 172 valence electrons. The number of ether oxygens (including phenoxy) is 2. The molecule has 30 heavy (non-hydrogen) atoms.